The topological polar surface area (TPSA) is 74.8 Å². The van der Waals surface area contributed by atoms with E-state index >= 15 is 0 Å². The van der Waals surface area contributed by atoms with Crippen LogP contribution in [-0.2, 0) is 10.5 Å². The molecule has 0 bridgehead atoms. The van der Waals surface area contributed by atoms with Gasteiger partial charge >= 0.3 is 0 Å². The number of anilines is 1. The maximum absolute atomic E-state index is 12.5. The first-order valence-corrected chi connectivity index (χ1v) is 10.5. The zero-order chi connectivity index (χ0) is 19.3. The fourth-order valence-corrected chi connectivity index (χ4v) is 3.70. The van der Waals surface area contributed by atoms with Gasteiger partial charge in [0.2, 0.25) is 5.91 Å². The van der Waals surface area contributed by atoms with Crippen LogP contribution in [0.2, 0.25) is 5.02 Å². The second-order valence-corrected chi connectivity index (χ2v) is 9.44. The van der Waals surface area contributed by atoms with Crippen LogP contribution in [0.4, 0.5) is 5.69 Å². The molecule has 1 amide bonds. The summed E-state index contributed by atoms with van der Waals surface area (Å²) < 4.78 is 0. The summed E-state index contributed by atoms with van der Waals surface area (Å²) in [5.74, 6) is 0.488. The second-order valence-electron chi connectivity index (χ2n) is 6.11. The third kappa shape index (κ3) is 6.37. The molecule has 0 radical (unpaired) electrons. The number of hydrogen-bond donors (Lipinski definition) is 2. The van der Waals surface area contributed by atoms with E-state index in [4.69, 9.17) is 11.6 Å². The maximum atomic E-state index is 12.5. The lowest BCUT2D eigenvalue weighted by atomic mass is 10.2. The smallest absolute Gasteiger partial charge is 0.251 e. The first-order valence-electron chi connectivity index (χ1n) is 8.20. The zero-order valence-corrected chi connectivity index (χ0v) is 17.5. The maximum Gasteiger partial charge on any atom is 0.251 e. The highest BCUT2D eigenvalue weighted by atomic mass is 35.5. The molecule has 0 fully saturated rings. The Labute approximate surface area is 166 Å². The zero-order valence-electron chi connectivity index (χ0n) is 15.1. The Bertz CT molecular complexity index is 839. The molecule has 140 valence electrons. The number of H-pyrrole nitrogens is 1. The first-order chi connectivity index (χ1) is 12.2. The van der Waals surface area contributed by atoms with Gasteiger partial charge in [-0.05, 0) is 36.8 Å². The number of hydrogen-bond acceptors (Lipinski definition) is 5. The van der Waals surface area contributed by atoms with Gasteiger partial charge in [0.05, 0.1) is 10.9 Å². The van der Waals surface area contributed by atoms with Crippen molar-refractivity contribution in [2.45, 2.75) is 49.1 Å². The average molecular weight is 412 g/mol. The number of thioether (sulfide) groups is 2. The first kappa shape index (κ1) is 20.9. The lowest BCUT2D eigenvalue weighted by molar-refractivity contribution is -0.115. The van der Waals surface area contributed by atoms with E-state index in [0.717, 1.165) is 5.56 Å². The predicted octanol–water partition coefficient (Wildman–Crippen LogP) is 4.49. The summed E-state index contributed by atoms with van der Waals surface area (Å²) in [6.07, 6.45) is 0. The number of aromatic nitrogens is 2. The minimum atomic E-state index is -0.426. The van der Waals surface area contributed by atoms with Crippen LogP contribution in [0.5, 0.6) is 0 Å². The molecule has 0 saturated heterocycles. The average Bonchev–Trinajstić information content (AvgIpc) is 2.55. The third-order valence-corrected chi connectivity index (χ3v) is 5.80. The molecule has 0 aliphatic heterocycles. The van der Waals surface area contributed by atoms with E-state index in [1.54, 1.807) is 30.8 Å². The Hall–Kier alpha value is -1.44. The SMILES string of the molecule is Cc1ccc(Cl)cc1NC(=O)C(C)Sc1nc(CSC(C)C)cc(=O)[nH]1. The molecule has 2 N–H and O–H groups in total. The molecule has 1 heterocycles. The van der Waals surface area contributed by atoms with Crippen molar-refractivity contribution in [1.29, 1.82) is 0 Å². The quantitative estimate of drug-likeness (QED) is 0.518. The normalized spacial score (nSPS) is 12.2. The van der Waals surface area contributed by atoms with E-state index in [1.165, 1.54) is 17.8 Å². The second kappa shape index (κ2) is 9.48. The minimum Gasteiger partial charge on any atom is -0.325 e. The molecule has 1 aromatic heterocycles. The van der Waals surface area contributed by atoms with Crippen molar-refractivity contribution in [1.82, 2.24) is 9.97 Å². The van der Waals surface area contributed by atoms with Gasteiger partial charge < -0.3 is 10.3 Å². The van der Waals surface area contributed by atoms with E-state index in [1.807, 2.05) is 13.0 Å². The third-order valence-electron chi connectivity index (χ3n) is 3.45. The minimum absolute atomic E-state index is 0.176. The van der Waals surface area contributed by atoms with Crippen molar-refractivity contribution in [3.63, 3.8) is 0 Å². The highest BCUT2D eigenvalue weighted by Gasteiger charge is 2.17. The van der Waals surface area contributed by atoms with Crippen LogP contribution in [0.15, 0.2) is 34.2 Å². The van der Waals surface area contributed by atoms with E-state index in [0.29, 0.717) is 32.6 Å². The number of carbonyl (C=O) groups is 1. The summed E-state index contributed by atoms with van der Waals surface area (Å²) in [7, 11) is 0. The number of benzene rings is 1. The highest BCUT2D eigenvalue weighted by molar-refractivity contribution is 8.00. The highest BCUT2D eigenvalue weighted by Crippen LogP contribution is 2.24. The van der Waals surface area contributed by atoms with Crippen molar-refractivity contribution in [2.24, 2.45) is 0 Å². The Morgan fingerprint density at radius 3 is 2.73 bits per heavy atom. The molecule has 0 spiro atoms. The van der Waals surface area contributed by atoms with Gasteiger partial charge in [0, 0.05) is 22.5 Å². The summed E-state index contributed by atoms with van der Waals surface area (Å²) in [5, 5.41) is 3.91. The summed E-state index contributed by atoms with van der Waals surface area (Å²) in [6, 6.07) is 6.85. The Morgan fingerprint density at radius 2 is 2.04 bits per heavy atom. The Morgan fingerprint density at radius 1 is 1.31 bits per heavy atom. The van der Waals surface area contributed by atoms with Crippen LogP contribution >= 0.6 is 35.1 Å². The van der Waals surface area contributed by atoms with Crippen LogP contribution in [0, 0.1) is 6.92 Å². The Balaban J connectivity index is 2.06. The van der Waals surface area contributed by atoms with E-state index < -0.39 is 5.25 Å². The number of nitrogens with zero attached hydrogens (tertiary/aromatic N) is 1. The molecule has 0 aliphatic carbocycles. The van der Waals surface area contributed by atoms with Crippen molar-refractivity contribution in [3.8, 4) is 0 Å². The summed E-state index contributed by atoms with van der Waals surface area (Å²) in [5.41, 5.74) is 2.12. The monoisotopic (exact) mass is 411 g/mol. The number of aromatic amines is 1. The molecule has 1 unspecified atom stereocenters. The fraction of sp³-hybridized carbons (Fsp3) is 0.389. The van der Waals surface area contributed by atoms with Gasteiger partial charge in [-0.15, -0.1) is 0 Å². The molecule has 5 nitrogen and oxygen atoms in total. The van der Waals surface area contributed by atoms with Crippen LogP contribution in [0.1, 0.15) is 32.0 Å². The lowest BCUT2D eigenvalue weighted by Gasteiger charge is -2.13. The van der Waals surface area contributed by atoms with Crippen molar-refractivity contribution in [3.05, 3.63) is 50.9 Å². The van der Waals surface area contributed by atoms with Gasteiger partial charge in [-0.2, -0.15) is 11.8 Å². The predicted molar refractivity (Wildman–Crippen MR) is 111 cm³/mol. The molecule has 1 atom stereocenters. The number of nitrogens with one attached hydrogen (secondary N) is 2. The van der Waals surface area contributed by atoms with Crippen LogP contribution in [-0.4, -0.2) is 26.4 Å². The van der Waals surface area contributed by atoms with Gasteiger partial charge in [0.15, 0.2) is 5.16 Å². The number of amides is 1. The molecule has 1 aromatic carbocycles. The van der Waals surface area contributed by atoms with Gasteiger partial charge in [-0.1, -0.05) is 43.3 Å². The molecular formula is C18H22ClN3O2S2. The number of halogens is 1. The molecule has 2 rings (SSSR count). The number of carbonyl (C=O) groups excluding carboxylic acids is 1. The van der Waals surface area contributed by atoms with Gasteiger partial charge in [-0.25, -0.2) is 4.98 Å². The van der Waals surface area contributed by atoms with Crippen LogP contribution in [0.25, 0.3) is 0 Å². The molecule has 0 aliphatic rings. The standard InChI is InChI=1S/C18H22ClN3O2S2/c1-10(2)25-9-14-8-16(23)22-18(20-14)26-12(4)17(24)21-15-7-13(19)6-5-11(15)3/h5-8,10,12H,9H2,1-4H3,(H,21,24)(H,20,22,23). The Kier molecular flexibility index (Phi) is 7.61. The lowest BCUT2D eigenvalue weighted by Crippen LogP contribution is -2.23. The van der Waals surface area contributed by atoms with Crippen molar-refractivity contribution >= 4 is 46.7 Å². The molecule has 8 heteroatoms. The number of rotatable bonds is 7. The largest absolute Gasteiger partial charge is 0.325 e. The van der Waals surface area contributed by atoms with Gasteiger partial charge in [-0.3, -0.25) is 9.59 Å². The van der Waals surface area contributed by atoms with E-state index in [-0.39, 0.29) is 11.5 Å². The molecule has 0 saturated carbocycles. The van der Waals surface area contributed by atoms with Gasteiger partial charge in [0.25, 0.3) is 5.56 Å². The van der Waals surface area contributed by atoms with Crippen LogP contribution < -0.4 is 10.9 Å². The van der Waals surface area contributed by atoms with Crippen molar-refractivity contribution in [2.75, 3.05) is 5.32 Å². The number of aryl methyl sites for hydroxylation is 1. The molecular weight excluding hydrogens is 390 g/mol. The van der Waals surface area contributed by atoms with Gasteiger partial charge in [0.1, 0.15) is 0 Å². The van der Waals surface area contributed by atoms with E-state index in [2.05, 4.69) is 29.1 Å². The fourth-order valence-electron chi connectivity index (χ4n) is 2.05. The summed E-state index contributed by atoms with van der Waals surface area (Å²) in [4.78, 5) is 31.5. The van der Waals surface area contributed by atoms with Crippen molar-refractivity contribution < 1.29 is 4.79 Å². The van der Waals surface area contributed by atoms with Crippen LogP contribution in [0.3, 0.4) is 0 Å². The molecule has 26 heavy (non-hydrogen) atoms. The summed E-state index contributed by atoms with van der Waals surface area (Å²) >= 11 is 8.93. The molecule has 2 aromatic rings. The van der Waals surface area contributed by atoms with E-state index in [9.17, 15) is 9.59 Å². The summed E-state index contributed by atoms with van der Waals surface area (Å²) in [6.45, 7) is 7.86.